The molecule has 0 unspecified atom stereocenters. The predicted molar refractivity (Wildman–Crippen MR) is 78.4 cm³/mol. The molecule has 0 saturated heterocycles. The molecule has 2 rings (SSSR count). The Balaban J connectivity index is 2.25. The van der Waals surface area contributed by atoms with Gasteiger partial charge in [0.2, 0.25) is 0 Å². The van der Waals surface area contributed by atoms with Crippen LogP contribution in [0.3, 0.4) is 0 Å². The second kappa shape index (κ2) is 6.91. The fourth-order valence-electron chi connectivity index (χ4n) is 1.99. The molecule has 5 heteroatoms. The van der Waals surface area contributed by atoms with Gasteiger partial charge in [-0.05, 0) is 24.6 Å². The summed E-state index contributed by atoms with van der Waals surface area (Å²) in [4.78, 5) is 12.0. The van der Waals surface area contributed by atoms with Gasteiger partial charge in [-0.2, -0.15) is 0 Å². The van der Waals surface area contributed by atoms with E-state index < -0.39 is 5.82 Å². The molecule has 0 spiro atoms. The molecular weight excluding hydrogens is 271 g/mol. The zero-order chi connectivity index (χ0) is 15.2. The van der Waals surface area contributed by atoms with Crippen molar-refractivity contribution >= 4 is 0 Å². The summed E-state index contributed by atoms with van der Waals surface area (Å²) in [5.41, 5.74) is 0.999. The normalized spacial score (nSPS) is 10.2. The van der Waals surface area contributed by atoms with Gasteiger partial charge in [0.05, 0.1) is 18.7 Å². The summed E-state index contributed by atoms with van der Waals surface area (Å²) in [6, 6.07) is 4.62. The monoisotopic (exact) mass is 288 g/mol. The van der Waals surface area contributed by atoms with E-state index >= 15 is 0 Å². The fourth-order valence-corrected chi connectivity index (χ4v) is 1.99. The molecule has 0 atom stereocenters. The highest BCUT2D eigenvalue weighted by Gasteiger charge is 2.05. The second-order valence-corrected chi connectivity index (χ2v) is 4.58. The Morgan fingerprint density at radius 1 is 1.29 bits per heavy atom. The first-order valence-corrected chi connectivity index (χ1v) is 6.79. The summed E-state index contributed by atoms with van der Waals surface area (Å²) < 4.78 is 16.8. The Morgan fingerprint density at radius 2 is 2.05 bits per heavy atom. The highest BCUT2D eigenvalue weighted by Crippen LogP contribution is 2.10. The van der Waals surface area contributed by atoms with Crippen LogP contribution in [-0.2, 0) is 13.1 Å². The smallest absolute Gasteiger partial charge is 0.328 e. The van der Waals surface area contributed by atoms with Crippen LogP contribution in [0.1, 0.15) is 24.5 Å². The summed E-state index contributed by atoms with van der Waals surface area (Å²) in [6.45, 7) is 2.85. The van der Waals surface area contributed by atoms with Crippen LogP contribution in [-0.4, -0.2) is 20.8 Å². The van der Waals surface area contributed by atoms with Gasteiger partial charge in [-0.3, -0.25) is 9.13 Å². The summed E-state index contributed by atoms with van der Waals surface area (Å²) in [5.74, 6) is 4.99. The summed E-state index contributed by atoms with van der Waals surface area (Å²) >= 11 is 0. The zero-order valence-electron chi connectivity index (χ0n) is 11.8. The van der Waals surface area contributed by atoms with Gasteiger partial charge in [0.15, 0.2) is 0 Å². The van der Waals surface area contributed by atoms with E-state index in [1.807, 2.05) is 6.92 Å². The molecule has 0 aliphatic rings. The number of halogens is 1. The molecule has 1 N–H and O–H groups in total. The van der Waals surface area contributed by atoms with Gasteiger partial charge in [0, 0.05) is 25.4 Å². The quantitative estimate of drug-likeness (QED) is 0.869. The molecule has 0 bridgehead atoms. The van der Waals surface area contributed by atoms with Gasteiger partial charge >= 0.3 is 5.69 Å². The number of aromatic nitrogens is 2. The van der Waals surface area contributed by atoms with Crippen LogP contribution in [0.15, 0.2) is 35.4 Å². The molecule has 1 heterocycles. The van der Waals surface area contributed by atoms with E-state index in [0.29, 0.717) is 19.5 Å². The van der Waals surface area contributed by atoms with Crippen molar-refractivity contribution in [2.45, 2.75) is 26.4 Å². The van der Waals surface area contributed by atoms with Crippen LogP contribution >= 0.6 is 0 Å². The van der Waals surface area contributed by atoms with Crippen molar-refractivity contribution in [3.63, 3.8) is 0 Å². The van der Waals surface area contributed by atoms with Crippen molar-refractivity contribution in [3.05, 3.63) is 58.0 Å². The van der Waals surface area contributed by atoms with Gasteiger partial charge in [-0.15, -0.1) is 0 Å². The van der Waals surface area contributed by atoms with Crippen molar-refractivity contribution in [1.82, 2.24) is 9.13 Å². The third-order valence-corrected chi connectivity index (χ3v) is 3.10. The average Bonchev–Trinajstić information content (AvgIpc) is 2.83. The standard InChI is InChI=1S/C16H17FN2O2/c1-2-18-8-9-19(16(18)21)12-13-6-7-15(17)14(11-13)5-3-4-10-20/h6-9,11,20H,2,4,10,12H2,1H3. The third kappa shape index (κ3) is 3.61. The highest BCUT2D eigenvalue weighted by molar-refractivity contribution is 5.38. The molecule has 2 aromatic rings. The van der Waals surface area contributed by atoms with Crippen molar-refractivity contribution < 1.29 is 9.50 Å². The molecule has 1 aromatic heterocycles. The number of hydrogen-bond donors (Lipinski definition) is 1. The van der Waals surface area contributed by atoms with Gasteiger partial charge in [-0.1, -0.05) is 17.9 Å². The predicted octanol–water partition coefficient (Wildman–Crippen LogP) is 1.59. The maximum absolute atomic E-state index is 13.6. The minimum atomic E-state index is -0.400. The lowest BCUT2D eigenvalue weighted by molar-refractivity contribution is 0.305. The number of rotatable bonds is 4. The number of aliphatic hydroxyl groups is 1. The lowest BCUT2D eigenvalue weighted by Gasteiger charge is -2.04. The molecular formula is C16H17FN2O2. The van der Waals surface area contributed by atoms with Crippen LogP contribution in [0.25, 0.3) is 0 Å². The van der Waals surface area contributed by atoms with Crippen LogP contribution < -0.4 is 5.69 Å². The Labute approximate surface area is 122 Å². The molecule has 0 saturated carbocycles. The Kier molecular flexibility index (Phi) is 4.96. The van der Waals surface area contributed by atoms with E-state index in [2.05, 4.69) is 11.8 Å². The minimum Gasteiger partial charge on any atom is -0.395 e. The SMILES string of the molecule is CCn1ccn(Cc2ccc(F)c(C#CCCO)c2)c1=O. The molecule has 0 radical (unpaired) electrons. The maximum Gasteiger partial charge on any atom is 0.328 e. The first-order valence-electron chi connectivity index (χ1n) is 6.79. The molecule has 4 nitrogen and oxygen atoms in total. The van der Waals surface area contributed by atoms with Crippen LogP contribution in [0.4, 0.5) is 4.39 Å². The van der Waals surface area contributed by atoms with Gasteiger partial charge in [0.1, 0.15) is 5.82 Å². The van der Waals surface area contributed by atoms with Crippen molar-refractivity contribution in [2.75, 3.05) is 6.61 Å². The number of aliphatic hydroxyl groups excluding tert-OH is 1. The lowest BCUT2D eigenvalue weighted by Crippen LogP contribution is -2.23. The Hall–Kier alpha value is -2.32. The van der Waals surface area contributed by atoms with Crippen LogP contribution in [0, 0.1) is 17.7 Å². The van der Waals surface area contributed by atoms with Crippen LogP contribution in [0.5, 0.6) is 0 Å². The largest absolute Gasteiger partial charge is 0.395 e. The maximum atomic E-state index is 13.6. The summed E-state index contributed by atoms with van der Waals surface area (Å²) in [5, 5.41) is 8.68. The molecule has 0 fully saturated rings. The lowest BCUT2D eigenvalue weighted by atomic mass is 10.1. The zero-order valence-corrected chi connectivity index (χ0v) is 11.8. The Bertz CT molecular complexity index is 735. The molecule has 0 aliphatic heterocycles. The minimum absolute atomic E-state index is 0.0474. The van der Waals surface area contributed by atoms with E-state index in [4.69, 9.17) is 5.11 Å². The topological polar surface area (TPSA) is 47.2 Å². The average molecular weight is 288 g/mol. The number of benzene rings is 1. The summed E-state index contributed by atoms with van der Waals surface area (Å²) in [7, 11) is 0. The van der Waals surface area contributed by atoms with E-state index in [9.17, 15) is 9.18 Å². The number of aryl methyl sites for hydroxylation is 1. The number of nitrogens with zero attached hydrogens (tertiary/aromatic N) is 2. The molecule has 0 aliphatic carbocycles. The van der Waals surface area contributed by atoms with E-state index in [1.54, 1.807) is 33.7 Å². The van der Waals surface area contributed by atoms with Gasteiger partial charge in [0.25, 0.3) is 0 Å². The third-order valence-electron chi connectivity index (χ3n) is 3.10. The van der Waals surface area contributed by atoms with Gasteiger partial charge in [-0.25, -0.2) is 9.18 Å². The van der Waals surface area contributed by atoms with E-state index in [-0.39, 0.29) is 17.9 Å². The second-order valence-electron chi connectivity index (χ2n) is 4.58. The molecule has 1 aromatic carbocycles. The molecule has 0 amide bonds. The first-order chi connectivity index (χ1) is 10.2. The fraction of sp³-hybridized carbons (Fsp3) is 0.312. The highest BCUT2D eigenvalue weighted by atomic mass is 19.1. The van der Waals surface area contributed by atoms with E-state index in [1.165, 1.54) is 6.07 Å². The van der Waals surface area contributed by atoms with Crippen LogP contribution in [0.2, 0.25) is 0 Å². The molecule has 110 valence electrons. The first kappa shape index (κ1) is 15.1. The number of imidazole rings is 1. The molecule has 21 heavy (non-hydrogen) atoms. The van der Waals surface area contributed by atoms with Crippen molar-refractivity contribution in [3.8, 4) is 11.8 Å². The summed E-state index contributed by atoms with van der Waals surface area (Å²) in [6.07, 6.45) is 3.75. The Morgan fingerprint density at radius 3 is 2.71 bits per heavy atom. The van der Waals surface area contributed by atoms with Crippen molar-refractivity contribution in [1.29, 1.82) is 0 Å². The van der Waals surface area contributed by atoms with Gasteiger partial charge < -0.3 is 5.11 Å². The number of hydrogen-bond acceptors (Lipinski definition) is 2. The van der Waals surface area contributed by atoms with Crippen molar-refractivity contribution in [2.24, 2.45) is 0 Å². The van der Waals surface area contributed by atoms with E-state index in [0.717, 1.165) is 5.56 Å².